The zero-order chi connectivity index (χ0) is 13.0. The Kier molecular flexibility index (Phi) is 3.92. The quantitative estimate of drug-likeness (QED) is 0.710. The van der Waals surface area contributed by atoms with E-state index in [1.54, 1.807) is 12.1 Å². The standard InChI is InChI=1S/C11H15N3O3/c1-14(6-10(13)15)11(16)7-3-4-9(17-2)8(12)5-7/h3-5H,6,12H2,1-2H3,(H2,13,15). The van der Waals surface area contributed by atoms with Crippen LogP contribution in [0.5, 0.6) is 5.75 Å². The third kappa shape index (κ3) is 3.10. The SMILES string of the molecule is COc1ccc(C(=O)N(C)CC(N)=O)cc1N. The lowest BCUT2D eigenvalue weighted by Crippen LogP contribution is -2.35. The van der Waals surface area contributed by atoms with Gasteiger partial charge in [0.05, 0.1) is 19.3 Å². The minimum atomic E-state index is -0.567. The summed E-state index contributed by atoms with van der Waals surface area (Å²) in [5.41, 5.74) is 11.4. The topological polar surface area (TPSA) is 98.6 Å². The number of nitrogens with zero attached hydrogens (tertiary/aromatic N) is 1. The van der Waals surface area contributed by atoms with Crippen molar-refractivity contribution in [2.45, 2.75) is 0 Å². The minimum absolute atomic E-state index is 0.134. The maximum absolute atomic E-state index is 11.9. The molecule has 1 aromatic rings. The third-order valence-corrected chi connectivity index (χ3v) is 2.22. The lowest BCUT2D eigenvalue weighted by molar-refractivity contribution is -0.118. The molecule has 17 heavy (non-hydrogen) atoms. The molecular formula is C11H15N3O3. The first-order chi connectivity index (χ1) is 7.95. The van der Waals surface area contributed by atoms with E-state index in [0.717, 1.165) is 0 Å². The van der Waals surface area contributed by atoms with Crippen LogP contribution in [0.25, 0.3) is 0 Å². The number of anilines is 1. The molecule has 1 rings (SSSR count). The molecule has 0 aromatic heterocycles. The molecule has 0 saturated heterocycles. The number of nitrogen functional groups attached to an aromatic ring is 1. The molecular weight excluding hydrogens is 222 g/mol. The number of rotatable bonds is 4. The summed E-state index contributed by atoms with van der Waals surface area (Å²) < 4.78 is 4.98. The lowest BCUT2D eigenvalue weighted by Gasteiger charge is -2.15. The first kappa shape index (κ1) is 12.8. The largest absolute Gasteiger partial charge is 0.495 e. The second kappa shape index (κ2) is 5.20. The van der Waals surface area contributed by atoms with Gasteiger partial charge in [-0.1, -0.05) is 0 Å². The summed E-state index contributed by atoms with van der Waals surface area (Å²) in [6.45, 7) is -0.134. The number of carbonyl (C=O) groups is 2. The number of hydrogen-bond donors (Lipinski definition) is 2. The van der Waals surface area contributed by atoms with Gasteiger partial charge in [0.1, 0.15) is 5.75 Å². The van der Waals surface area contributed by atoms with Crippen LogP contribution < -0.4 is 16.2 Å². The molecule has 0 aliphatic rings. The molecule has 0 radical (unpaired) electrons. The molecule has 2 amide bonds. The molecule has 6 nitrogen and oxygen atoms in total. The van der Waals surface area contributed by atoms with Gasteiger partial charge in [0, 0.05) is 12.6 Å². The molecule has 0 aliphatic carbocycles. The first-order valence-corrected chi connectivity index (χ1v) is 4.93. The fraction of sp³-hybridized carbons (Fsp3) is 0.273. The molecule has 4 N–H and O–H groups in total. The van der Waals surface area contributed by atoms with Crippen LogP contribution in [-0.2, 0) is 4.79 Å². The number of ether oxygens (including phenoxy) is 1. The summed E-state index contributed by atoms with van der Waals surface area (Å²) in [5, 5.41) is 0. The molecule has 1 aromatic carbocycles. The second-order valence-corrected chi connectivity index (χ2v) is 3.58. The van der Waals surface area contributed by atoms with E-state index in [2.05, 4.69) is 0 Å². The Morgan fingerprint density at radius 3 is 2.53 bits per heavy atom. The summed E-state index contributed by atoms with van der Waals surface area (Å²) in [7, 11) is 2.99. The van der Waals surface area contributed by atoms with E-state index in [-0.39, 0.29) is 12.5 Å². The molecule has 0 heterocycles. The summed E-state index contributed by atoms with van der Waals surface area (Å²) in [6.07, 6.45) is 0. The fourth-order valence-corrected chi connectivity index (χ4v) is 1.39. The molecule has 0 spiro atoms. The van der Waals surface area contributed by atoms with Crippen LogP contribution in [0.4, 0.5) is 5.69 Å². The number of hydrogen-bond acceptors (Lipinski definition) is 4. The van der Waals surface area contributed by atoms with Gasteiger partial charge in [0.2, 0.25) is 5.91 Å². The van der Waals surface area contributed by atoms with Crippen LogP contribution in [0, 0.1) is 0 Å². The van der Waals surface area contributed by atoms with Gasteiger partial charge < -0.3 is 21.1 Å². The Balaban J connectivity index is 2.89. The number of benzene rings is 1. The van der Waals surface area contributed by atoms with Gasteiger partial charge >= 0.3 is 0 Å². The zero-order valence-electron chi connectivity index (χ0n) is 9.77. The average Bonchev–Trinajstić information content (AvgIpc) is 2.27. The highest BCUT2D eigenvalue weighted by Gasteiger charge is 2.14. The number of carbonyl (C=O) groups excluding carboxylic acids is 2. The van der Waals surface area contributed by atoms with Crippen molar-refractivity contribution in [3.8, 4) is 5.75 Å². The van der Waals surface area contributed by atoms with Crippen molar-refractivity contribution in [1.29, 1.82) is 0 Å². The number of methoxy groups -OCH3 is 1. The van der Waals surface area contributed by atoms with E-state index in [4.69, 9.17) is 16.2 Å². The second-order valence-electron chi connectivity index (χ2n) is 3.58. The van der Waals surface area contributed by atoms with Gasteiger partial charge in [-0.2, -0.15) is 0 Å². The van der Waals surface area contributed by atoms with Crippen LogP contribution in [0.3, 0.4) is 0 Å². The summed E-state index contributed by atoms with van der Waals surface area (Å²) in [5.74, 6) is -0.389. The molecule has 6 heteroatoms. The maximum Gasteiger partial charge on any atom is 0.254 e. The van der Waals surface area contributed by atoms with E-state index in [0.29, 0.717) is 17.0 Å². The number of nitrogens with two attached hydrogens (primary N) is 2. The molecule has 0 aliphatic heterocycles. The molecule has 0 unspecified atom stereocenters. The van der Waals surface area contributed by atoms with Crippen molar-refractivity contribution in [2.24, 2.45) is 5.73 Å². The van der Waals surface area contributed by atoms with Gasteiger partial charge in [-0.3, -0.25) is 9.59 Å². The summed E-state index contributed by atoms with van der Waals surface area (Å²) >= 11 is 0. The predicted octanol–water partition coefficient (Wildman–Crippen LogP) is -0.165. The molecule has 0 saturated carbocycles. The van der Waals surface area contributed by atoms with E-state index < -0.39 is 5.91 Å². The molecule has 0 fully saturated rings. The number of amides is 2. The Labute approximate surface area is 99.1 Å². The van der Waals surface area contributed by atoms with Gasteiger partial charge in [0.25, 0.3) is 5.91 Å². The highest BCUT2D eigenvalue weighted by atomic mass is 16.5. The minimum Gasteiger partial charge on any atom is -0.495 e. The molecule has 0 bridgehead atoms. The van der Waals surface area contributed by atoms with Gasteiger partial charge in [-0.15, -0.1) is 0 Å². The van der Waals surface area contributed by atoms with E-state index in [1.165, 1.54) is 25.1 Å². The van der Waals surface area contributed by atoms with Crippen molar-refractivity contribution in [1.82, 2.24) is 4.90 Å². The maximum atomic E-state index is 11.9. The van der Waals surface area contributed by atoms with Crippen LogP contribution in [0.2, 0.25) is 0 Å². The van der Waals surface area contributed by atoms with Crippen molar-refractivity contribution in [3.63, 3.8) is 0 Å². The lowest BCUT2D eigenvalue weighted by atomic mass is 10.1. The van der Waals surface area contributed by atoms with Crippen molar-refractivity contribution >= 4 is 17.5 Å². The van der Waals surface area contributed by atoms with Crippen molar-refractivity contribution in [3.05, 3.63) is 23.8 Å². The molecule has 0 atom stereocenters. The van der Waals surface area contributed by atoms with Gasteiger partial charge in [0.15, 0.2) is 0 Å². The van der Waals surface area contributed by atoms with Crippen molar-refractivity contribution < 1.29 is 14.3 Å². The monoisotopic (exact) mass is 237 g/mol. The Hall–Kier alpha value is -2.24. The van der Waals surface area contributed by atoms with Crippen LogP contribution in [0.15, 0.2) is 18.2 Å². The fourth-order valence-electron chi connectivity index (χ4n) is 1.39. The van der Waals surface area contributed by atoms with E-state index >= 15 is 0 Å². The first-order valence-electron chi connectivity index (χ1n) is 4.93. The number of primary amides is 1. The van der Waals surface area contributed by atoms with Gasteiger partial charge in [-0.25, -0.2) is 0 Å². The van der Waals surface area contributed by atoms with Crippen LogP contribution >= 0.6 is 0 Å². The normalized spacial score (nSPS) is 9.76. The van der Waals surface area contributed by atoms with E-state index in [9.17, 15) is 9.59 Å². The van der Waals surface area contributed by atoms with Crippen LogP contribution in [-0.4, -0.2) is 37.4 Å². The zero-order valence-corrected chi connectivity index (χ0v) is 9.77. The summed E-state index contributed by atoms with van der Waals surface area (Å²) in [6, 6.07) is 4.67. The highest BCUT2D eigenvalue weighted by molar-refractivity contribution is 5.97. The summed E-state index contributed by atoms with van der Waals surface area (Å²) in [4.78, 5) is 23.8. The Morgan fingerprint density at radius 1 is 1.41 bits per heavy atom. The Morgan fingerprint density at radius 2 is 2.06 bits per heavy atom. The predicted molar refractivity (Wildman–Crippen MR) is 63.6 cm³/mol. The van der Waals surface area contributed by atoms with E-state index in [1.807, 2.05) is 0 Å². The van der Waals surface area contributed by atoms with Crippen LogP contribution in [0.1, 0.15) is 10.4 Å². The number of likely N-dealkylation sites (N-methyl/N-ethyl adjacent to an activating group) is 1. The molecule has 92 valence electrons. The van der Waals surface area contributed by atoms with Gasteiger partial charge in [-0.05, 0) is 18.2 Å². The highest BCUT2D eigenvalue weighted by Crippen LogP contribution is 2.22. The smallest absolute Gasteiger partial charge is 0.254 e. The average molecular weight is 237 g/mol. The van der Waals surface area contributed by atoms with Crippen molar-refractivity contribution in [2.75, 3.05) is 26.4 Å². The Bertz CT molecular complexity index is 446. The third-order valence-electron chi connectivity index (χ3n) is 2.22.